The Morgan fingerprint density at radius 3 is 2.76 bits per heavy atom. The molecule has 1 heterocycles. The molecule has 0 radical (unpaired) electrons. The molecule has 1 saturated heterocycles. The monoisotopic (exact) mass is 236 g/mol. The van der Waals surface area contributed by atoms with Crippen molar-refractivity contribution in [1.82, 2.24) is 10.2 Å². The summed E-state index contributed by atoms with van der Waals surface area (Å²) in [7, 11) is 0. The van der Waals surface area contributed by atoms with Gasteiger partial charge in [-0.05, 0) is 31.0 Å². The number of halogens is 1. The highest BCUT2D eigenvalue weighted by molar-refractivity contribution is 5.84. The van der Waals surface area contributed by atoms with Gasteiger partial charge in [-0.1, -0.05) is 19.1 Å². The van der Waals surface area contributed by atoms with Crippen LogP contribution >= 0.6 is 0 Å². The maximum absolute atomic E-state index is 13.2. The first-order chi connectivity index (χ1) is 8.17. The standard InChI is InChI=1S/C13H17FN2O/c1-3-11-13(17)16(4-2)12(15-11)9-6-5-7-10(14)8-9/h5-8,11-12,15H,3-4H2,1-2H3. The molecule has 0 bridgehead atoms. The molecule has 1 N–H and O–H groups in total. The van der Waals surface area contributed by atoms with Crippen molar-refractivity contribution in [2.24, 2.45) is 0 Å². The predicted molar refractivity (Wildman–Crippen MR) is 63.7 cm³/mol. The third kappa shape index (κ3) is 2.17. The largest absolute Gasteiger partial charge is 0.322 e. The molecule has 17 heavy (non-hydrogen) atoms. The summed E-state index contributed by atoms with van der Waals surface area (Å²) in [5, 5.41) is 3.24. The van der Waals surface area contributed by atoms with Gasteiger partial charge >= 0.3 is 0 Å². The third-order valence-corrected chi connectivity index (χ3v) is 3.17. The molecule has 1 aliphatic heterocycles. The Hall–Kier alpha value is -1.42. The molecule has 1 aliphatic rings. The summed E-state index contributed by atoms with van der Waals surface area (Å²) in [6.07, 6.45) is 0.550. The number of nitrogens with zero attached hydrogens (tertiary/aromatic N) is 1. The van der Waals surface area contributed by atoms with Crippen LogP contribution in [-0.4, -0.2) is 23.4 Å². The van der Waals surface area contributed by atoms with Crippen LogP contribution < -0.4 is 5.32 Å². The fourth-order valence-electron chi connectivity index (χ4n) is 2.26. The second kappa shape index (κ2) is 4.84. The quantitative estimate of drug-likeness (QED) is 0.871. The predicted octanol–water partition coefficient (Wildman–Crippen LogP) is 2.05. The lowest BCUT2D eigenvalue weighted by Crippen LogP contribution is -2.30. The van der Waals surface area contributed by atoms with Crippen LogP contribution in [0.1, 0.15) is 32.0 Å². The van der Waals surface area contributed by atoms with Crippen molar-refractivity contribution < 1.29 is 9.18 Å². The van der Waals surface area contributed by atoms with Gasteiger partial charge in [0.15, 0.2) is 0 Å². The SMILES string of the molecule is CCC1NC(c2cccc(F)c2)N(CC)C1=O. The Morgan fingerprint density at radius 2 is 2.18 bits per heavy atom. The smallest absolute Gasteiger partial charge is 0.241 e. The Kier molecular flexibility index (Phi) is 3.43. The minimum Gasteiger partial charge on any atom is -0.322 e. The summed E-state index contributed by atoms with van der Waals surface area (Å²) in [5.74, 6) is -0.169. The maximum atomic E-state index is 13.2. The zero-order chi connectivity index (χ0) is 12.4. The molecule has 1 fully saturated rings. The fraction of sp³-hybridized carbons (Fsp3) is 0.462. The highest BCUT2D eigenvalue weighted by Gasteiger charge is 2.37. The molecule has 4 heteroatoms. The summed E-state index contributed by atoms with van der Waals surface area (Å²) in [6.45, 7) is 4.53. The van der Waals surface area contributed by atoms with Gasteiger partial charge in [-0.25, -0.2) is 4.39 Å². The molecule has 2 unspecified atom stereocenters. The normalized spacial score (nSPS) is 24.4. The highest BCUT2D eigenvalue weighted by Crippen LogP contribution is 2.26. The van der Waals surface area contributed by atoms with E-state index in [1.165, 1.54) is 12.1 Å². The lowest BCUT2D eigenvalue weighted by molar-refractivity contribution is -0.129. The van der Waals surface area contributed by atoms with Gasteiger partial charge in [0, 0.05) is 6.54 Å². The molecule has 1 aromatic rings. The van der Waals surface area contributed by atoms with Crippen molar-refractivity contribution >= 4 is 5.91 Å². The average Bonchev–Trinajstić information content (AvgIpc) is 2.65. The van der Waals surface area contributed by atoms with Gasteiger partial charge in [0.2, 0.25) is 5.91 Å². The summed E-state index contributed by atoms with van der Waals surface area (Å²) >= 11 is 0. The molecule has 0 aromatic heterocycles. The van der Waals surface area contributed by atoms with E-state index in [1.807, 2.05) is 19.9 Å². The Bertz CT molecular complexity index is 422. The summed E-state index contributed by atoms with van der Waals surface area (Å²) < 4.78 is 13.2. The molecule has 2 rings (SSSR count). The van der Waals surface area contributed by atoms with E-state index in [2.05, 4.69) is 5.32 Å². The molecule has 1 aromatic carbocycles. The van der Waals surface area contributed by atoms with E-state index in [-0.39, 0.29) is 23.9 Å². The topological polar surface area (TPSA) is 32.3 Å². The van der Waals surface area contributed by atoms with E-state index < -0.39 is 0 Å². The van der Waals surface area contributed by atoms with Crippen LogP contribution in [-0.2, 0) is 4.79 Å². The molecule has 0 spiro atoms. The van der Waals surface area contributed by atoms with E-state index in [4.69, 9.17) is 0 Å². The molecule has 0 aliphatic carbocycles. The summed E-state index contributed by atoms with van der Waals surface area (Å²) in [4.78, 5) is 13.8. The summed E-state index contributed by atoms with van der Waals surface area (Å²) in [6, 6.07) is 6.25. The molecule has 92 valence electrons. The zero-order valence-corrected chi connectivity index (χ0v) is 10.1. The number of amides is 1. The third-order valence-electron chi connectivity index (χ3n) is 3.17. The van der Waals surface area contributed by atoms with Crippen LogP contribution in [0.5, 0.6) is 0 Å². The van der Waals surface area contributed by atoms with Crippen molar-refractivity contribution in [1.29, 1.82) is 0 Å². The Morgan fingerprint density at radius 1 is 1.41 bits per heavy atom. The van der Waals surface area contributed by atoms with Gasteiger partial charge in [0.1, 0.15) is 12.0 Å². The molecule has 3 nitrogen and oxygen atoms in total. The second-order valence-electron chi connectivity index (χ2n) is 4.21. The minimum atomic E-state index is -0.271. The molecular weight excluding hydrogens is 219 g/mol. The highest BCUT2D eigenvalue weighted by atomic mass is 19.1. The number of carbonyl (C=O) groups excluding carboxylic acids is 1. The number of rotatable bonds is 3. The van der Waals surface area contributed by atoms with Gasteiger partial charge in [0.25, 0.3) is 0 Å². The lowest BCUT2D eigenvalue weighted by atomic mass is 10.1. The zero-order valence-electron chi connectivity index (χ0n) is 10.1. The first-order valence-electron chi connectivity index (χ1n) is 5.99. The van der Waals surface area contributed by atoms with Crippen LogP contribution in [0.4, 0.5) is 4.39 Å². The molecule has 1 amide bonds. The number of hydrogen-bond donors (Lipinski definition) is 1. The first-order valence-corrected chi connectivity index (χ1v) is 5.99. The number of nitrogens with one attached hydrogen (secondary N) is 1. The molecular formula is C13H17FN2O. The van der Waals surface area contributed by atoms with E-state index in [0.717, 1.165) is 12.0 Å². The molecule has 0 saturated carbocycles. The van der Waals surface area contributed by atoms with Gasteiger partial charge in [-0.2, -0.15) is 0 Å². The van der Waals surface area contributed by atoms with Crippen LogP contribution in [0, 0.1) is 5.82 Å². The number of likely N-dealkylation sites (N-methyl/N-ethyl adjacent to an activating group) is 1. The van der Waals surface area contributed by atoms with E-state index in [1.54, 1.807) is 11.0 Å². The van der Waals surface area contributed by atoms with Gasteiger partial charge < -0.3 is 4.90 Å². The van der Waals surface area contributed by atoms with E-state index in [9.17, 15) is 9.18 Å². The van der Waals surface area contributed by atoms with Crippen LogP contribution in [0.2, 0.25) is 0 Å². The fourth-order valence-corrected chi connectivity index (χ4v) is 2.26. The number of carbonyl (C=O) groups is 1. The van der Waals surface area contributed by atoms with Gasteiger partial charge in [0.05, 0.1) is 6.04 Å². The Labute approximate surface area is 101 Å². The lowest BCUT2D eigenvalue weighted by Gasteiger charge is -2.22. The van der Waals surface area contributed by atoms with E-state index in [0.29, 0.717) is 6.54 Å². The maximum Gasteiger partial charge on any atom is 0.241 e. The van der Waals surface area contributed by atoms with Crippen molar-refractivity contribution in [3.63, 3.8) is 0 Å². The Balaban J connectivity index is 2.29. The average molecular weight is 236 g/mol. The van der Waals surface area contributed by atoms with Crippen molar-refractivity contribution in [3.8, 4) is 0 Å². The number of hydrogen-bond acceptors (Lipinski definition) is 2. The summed E-state index contributed by atoms with van der Waals surface area (Å²) in [5.41, 5.74) is 0.802. The van der Waals surface area contributed by atoms with Crippen LogP contribution in [0.25, 0.3) is 0 Å². The van der Waals surface area contributed by atoms with Gasteiger partial charge in [-0.15, -0.1) is 0 Å². The van der Waals surface area contributed by atoms with Crippen molar-refractivity contribution in [2.45, 2.75) is 32.5 Å². The second-order valence-corrected chi connectivity index (χ2v) is 4.21. The van der Waals surface area contributed by atoms with Gasteiger partial charge in [-0.3, -0.25) is 10.1 Å². The molecule has 2 atom stereocenters. The van der Waals surface area contributed by atoms with Crippen molar-refractivity contribution in [2.75, 3.05) is 6.54 Å². The van der Waals surface area contributed by atoms with Crippen molar-refractivity contribution in [3.05, 3.63) is 35.6 Å². The minimum absolute atomic E-state index is 0.101. The first kappa shape index (κ1) is 12.0. The van der Waals surface area contributed by atoms with Crippen LogP contribution in [0.15, 0.2) is 24.3 Å². The van der Waals surface area contributed by atoms with E-state index >= 15 is 0 Å². The number of benzene rings is 1. The van der Waals surface area contributed by atoms with Crippen LogP contribution in [0.3, 0.4) is 0 Å².